The number of rotatable bonds is 9. The fourth-order valence-electron chi connectivity index (χ4n) is 4.03. The molecule has 4 nitrogen and oxygen atoms in total. The van der Waals surface area contributed by atoms with Crippen LogP contribution < -0.4 is 0 Å². The van der Waals surface area contributed by atoms with Gasteiger partial charge in [0.1, 0.15) is 5.75 Å². The van der Waals surface area contributed by atoms with Gasteiger partial charge in [0.25, 0.3) is 0 Å². The average molecular weight is 530 g/mol. The molecule has 0 bridgehead atoms. The summed E-state index contributed by atoms with van der Waals surface area (Å²) in [7, 11) is 0. The number of alkyl halides is 3. The number of aromatic hydroxyl groups is 1. The highest BCUT2D eigenvalue weighted by Gasteiger charge is 2.30. The van der Waals surface area contributed by atoms with Crippen molar-refractivity contribution in [3.8, 4) is 5.75 Å². The number of benzene rings is 2. The van der Waals surface area contributed by atoms with Crippen LogP contribution in [0, 0.1) is 6.92 Å². The molecule has 2 aromatic carbocycles. The lowest BCUT2D eigenvalue weighted by molar-refractivity contribution is -0.140. The van der Waals surface area contributed by atoms with E-state index >= 15 is 0 Å². The van der Waals surface area contributed by atoms with Gasteiger partial charge >= 0.3 is 12.1 Å². The number of carbonyl (C=O) groups excluding carboxylic acids is 1. The van der Waals surface area contributed by atoms with Gasteiger partial charge in [-0.25, -0.2) is 0 Å². The molecule has 7 heteroatoms. The molecule has 38 heavy (non-hydrogen) atoms. The van der Waals surface area contributed by atoms with E-state index in [1.54, 1.807) is 13.0 Å². The zero-order chi connectivity index (χ0) is 28.1. The molecule has 0 aliphatic heterocycles. The first-order valence-corrected chi connectivity index (χ1v) is 13.0. The van der Waals surface area contributed by atoms with Crippen molar-refractivity contribution in [1.29, 1.82) is 0 Å². The molecule has 1 aliphatic rings. The number of hydrogen-bond donors (Lipinski definition) is 1. The van der Waals surface area contributed by atoms with Crippen molar-refractivity contribution in [3.05, 3.63) is 94.7 Å². The molecule has 1 aliphatic carbocycles. The normalized spacial score (nSPS) is 13.0. The average Bonchev–Trinajstić information content (AvgIpc) is 3.12. The molecule has 1 N–H and O–H groups in total. The summed E-state index contributed by atoms with van der Waals surface area (Å²) in [5.41, 5.74) is 4.22. The minimum Gasteiger partial charge on any atom is -0.508 e. The Bertz CT molecular complexity index is 1130. The summed E-state index contributed by atoms with van der Waals surface area (Å²) in [5, 5.41) is 9.83. The number of phenols is 1. The number of esters is 1. The quantitative estimate of drug-likeness (QED) is 0.263. The van der Waals surface area contributed by atoms with Gasteiger partial charge in [-0.05, 0) is 66.8 Å². The van der Waals surface area contributed by atoms with Gasteiger partial charge < -0.3 is 14.7 Å². The maximum Gasteiger partial charge on any atom is 0.416 e. The largest absolute Gasteiger partial charge is 0.508 e. The summed E-state index contributed by atoms with van der Waals surface area (Å²) in [4.78, 5) is 12.2. The molecular formula is C31H38F3NO3. The van der Waals surface area contributed by atoms with Crippen LogP contribution in [0.25, 0.3) is 5.57 Å². The van der Waals surface area contributed by atoms with Crippen LogP contribution in [0.15, 0.2) is 72.5 Å². The van der Waals surface area contributed by atoms with Crippen molar-refractivity contribution in [3.63, 3.8) is 0 Å². The Balaban J connectivity index is 0.000000757. The SMILES string of the molecule is CCCCCN(Cc1ccc(O)c(C)c1)C1=CC=CC(c2ccc(C(F)(F)F)cc2)=CC1.CCOC(C)=O. The van der Waals surface area contributed by atoms with E-state index in [1.807, 2.05) is 31.2 Å². The predicted octanol–water partition coefficient (Wildman–Crippen LogP) is 8.21. The molecule has 0 fully saturated rings. The highest BCUT2D eigenvalue weighted by atomic mass is 19.4. The van der Waals surface area contributed by atoms with E-state index < -0.39 is 11.7 Å². The van der Waals surface area contributed by atoms with Gasteiger partial charge in [-0.1, -0.05) is 62.3 Å². The third-order valence-electron chi connectivity index (χ3n) is 6.06. The summed E-state index contributed by atoms with van der Waals surface area (Å²) in [6.45, 7) is 9.40. The number of nitrogens with zero attached hydrogens (tertiary/aromatic N) is 1. The fraction of sp³-hybridized carbons (Fsp3) is 0.387. The van der Waals surface area contributed by atoms with Crippen LogP contribution in [0.2, 0.25) is 0 Å². The molecule has 3 rings (SSSR count). The molecular weight excluding hydrogens is 491 g/mol. The predicted molar refractivity (Wildman–Crippen MR) is 146 cm³/mol. The lowest BCUT2D eigenvalue weighted by atomic mass is 10.0. The van der Waals surface area contributed by atoms with Crippen molar-refractivity contribution >= 4 is 11.5 Å². The molecule has 0 heterocycles. The summed E-state index contributed by atoms with van der Waals surface area (Å²) < 4.78 is 43.0. The first kappa shape index (κ1) is 30.7. The second-order valence-corrected chi connectivity index (χ2v) is 9.13. The first-order valence-electron chi connectivity index (χ1n) is 13.0. The van der Waals surface area contributed by atoms with Crippen LogP contribution in [0.5, 0.6) is 5.75 Å². The second kappa shape index (κ2) is 15.1. The molecule has 2 aromatic rings. The van der Waals surface area contributed by atoms with Crippen LogP contribution in [0.4, 0.5) is 13.2 Å². The van der Waals surface area contributed by atoms with Gasteiger partial charge in [0.2, 0.25) is 0 Å². The van der Waals surface area contributed by atoms with E-state index in [0.29, 0.717) is 18.8 Å². The van der Waals surface area contributed by atoms with Crippen molar-refractivity contribution in [2.45, 2.75) is 66.1 Å². The molecule has 0 atom stereocenters. The van der Waals surface area contributed by atoms with E-state index in [4.69, 9.17) is 0 Å². The number of carbonyl (C=O) groups is 1. The lowest BCUT2D eigenvalue weighted by Crippen LogP contribution is -2.24. The van der Waals surface area contributed by atoms with E-state index in [0.717, 1.165) is 66.7 Å². The van der Waals surface area contributed by atoms with Crippen molar-refractivity contribution in [2.24, 2.45) is 0 Å². The van der Waals surface area contributed by atoms with Gasteiger partial charge in [0.15, 0.2) is 0 Å². The Kier molecular flexibility index (Phi) is 12.2. The summed E-state index contributed by atoms with van der Waals surface area (Å²) in [6, 6.07) is 11.0. The van der Waals surface area contributed by atoms with Crippen LogP contribution in [-0.2, 0) is 22.3 Å². The standard InChI is InChI=1S/C27H30F3NO.C4H8O2/c1-3-4-5-17-31(19-21-9-16-26(32)20(2)18-21)25-8-6-7-22(12-15-25)23-10-13-24(14-11-23)27(28,29)30;1-3-6-4(2)5/h6-14,16,18,32H,3-5,15,17,19H2,1-2H3;3H2,1-2H3. The van der Waals surface area contributed by atoms with Gasteiger partial charge in [-0.2, -0.15) is 13.2 Å². The number of hydrogen-bond acceptors (Lipinski definition) is 4. The number of unbranched alkanes of at least 4 members (excludes halogenated alkanes) is 2. The molecule has 0 spiro atoms. The number of aryl methyl sites for hydroxylation is 1. The van der Waals surface area contributed by atoms with Crippen molar-refractivity contribution in [1.82, 2.24) is 4.90 Å². The van der Waals surface area contributed by atoms with Gasteiger partial charge in [-0.3, -0.25) is 4.79 Å². The van der Waals surface area contributed by atoms with Crippen LogP contribution >= 0.6 is 0 Å². The summed E-state index contributed by atoms with van der Waals surface area (Å²) in [6.07, 6.45) is 7.85. The number of ether oxygens (including phenoxy) is 1. The number of phenolic OH excluding ortho intramolecular Hbond substituents is 1. The lowest BCUT2D eigenvalue weighted by Gasteiger charge is -2.27. The second-order valence-electron chi connectivity index (χ2n) is 9.13. The molecule has 0 saturated carbocycles. The maximum absolute atomic E-state index is 12.9. The summed E-state index contributed by atoms with van der Waals surface area (Å²) in [5.74, 6) is 0.0875. The first-order chi connectivity index (χ1) is 18.0. The topological polar surface area (TPSA) is 49.8 Å². The smallest absolute Gasteiger partial charge is 0.416 e. The highest BCUT2D eigenvalue weighted by molar-refractivity contribution is 5.75. The fourth-order valence-corrected chi connectivity index (χ4v) is 4.03. The van der Waals surface area contributed by atoms with Gasteiger partial charge in [0, 0.05) is 32.1 Å². The van der Waals surface area contributed by atoms with Crippen LogP contribution in [0.3, 0.4) is 0 Å². The summed E-state index contributed by atoms with van der Waals surface area (Å²) >= 11 is 0. The Hall–Kier alpha value is -3.48. The molecule has 0 saturated heterocycles. The monoisotopic (exact) mass is 529 g/mol. The van der Waals surface area contributed by atoms with Gasteiger partial charge in [0.05, 0.1) is 12.2 Å². The molecule has 0 radical (unpaired) electrons. The zero-order valence-corrected chi connectivity index (χ0v) is 22.6. The van der Waals surface area contributed by atoms with Crippen LogP contribution in [0.1, 0.15) is 68.7 Å². The van der Waals surface area contributed by atoms with E-state index in [9.17, 15) is 23.1 Å². The third-order valence-corrected chi connectivity index (χ3v) is 6.06. The van der Waals surface area contributed by atoms with Crippen LogP contribution in [-0.4, -0.2) is 29.1 Å². The highest BCUT2D eigenvalue weighted by Crippen LogP contribution is 2.31. The van der Waals surface area contributed by atoms with E-state index in [1.165, 1.54) is 24.8 Å². The van der Waals surface area contributed by atoms with Gasteiger partial charge in [-0.15, -0.1) is 0 Å². The van der Waals surface area contributed by atoms with E-state index in [-0.39, 0.29) is 5.97 Å². The number of halogens is 3. The molecule has 0 amide bonds. The molecule has 0 unspecified atom stereocenters. The maximum atomic E-state index is 12.9. The Morgan fingerprint density at radius 3 is 2.34 bits per heavy atom. The van der Waals surface area contributed by atoms with E-state index in [2.05, 4.69) is 28.7 Å². The minimum absolute atomic E-state index is 0.211. The third kappa shape index (κ3) is 10.1. The Labute approximate surface area is 224 Å². The van der Waals surface area contributed by atoms with Crippen molar-refractivity contribution in [2.75, 3.05) is 13.2 Å². The Morgan fingerprint density at radius 2 is 1.79 bits per heavy atom. The minimum atomic E-state index is -4.33. The number of allylic oxidation sites excluding steroid dienone is 5. The van der Waals surface area contributed by atoms with Crippen molar-refractivity contribution < 1.29 is 27.8 Å². The Morgan fingerprint density at radius 1 is 1.08 bits per heavy atom. The molecule has 206 valence electrons. The molecule has 0 aromatic heterocycles. The zero-order valence-electron chi connectivity index (χ0n) is 22.6.